The quantitative estimate of drug-likeness (QED) is 0.498. The molecule has 38 heavy (non-hydrogen) atoms. The van der Waals surface area contributed by atoms with Crippen molar-refractivity contribution in [3.05, 3.63) is 75.1 Å². The molecule has 1 aliphatic carbocycles. The molecule has 2 amide bonds. The predicted octanol–water partition coefficient (Wildman–Crippen LogP) is 4.21. The second kappa shape index (κ2) is 10.4. The van der Waals surface area contributed by atoms with Crippen molar-refractivity contribution in [2.45, 2.75) is 48.7 Å². The van der Waals surface area contributed by atoms with E-state index in [1.54, 1.807) is 48.2 Å². The van der Waals surface area contributed by atoms with Gasteiger partial charge in [-0.05, 0) is 69.3 Å². The Balaban J connectivity index is 1.65. The van der Waals surface area contributed by atoms with Gasteiger partial charge in [-0.25, -0.2) is 12.7 Å². The first kappa shape index (κ1) is 27.3. The first-order valence-electron chi connectivity index (χ1n) is 12.2. The fourth-order valence-electron chi connectivity index (χ4n) is 5.01. The molecule has 0 N–H and O–H groups in total. The van der Waals surface area contributed by atoms with Crippen molar-refractivity contribution >= 4 is 56.6 Å². The van der Waals surface area contributed by atoms with E-state index in [1.165, 1.54) is 33.6 Å². The smallest absolute Gasteiger partial charge is 0.267 e. The maximum absolute atomic E-state index is 14.1. The Labute approximate surface area is 237 Å². The predicted molar refractivity (Wildman–Crippen MR) is 146 cm³/mol. The number of carbonyl (C=O) groups excluding carboxylic acids is 2. The van der Waals surface area contributed by atoms with E-state index in [0.29, 0.717) is 10.0 Å². The van der Waals surface area contributed by atoms with Crippen LogP contribution >= 0.6 is 34.8 Å². The molecule has 2 aromatic rings. The zero-order valence-electron chi connectivity index (χ0n) is 20.9. The molecule has 5 rings (SSSR count). The summed E-state index contributed by atoms with van der Waals surface area (Å²) in [5.74, 6) is -0.428. The van der Waals surface area contributed by atoms with Gasteiger partial charge in [0.05, 0.1) is 11.6 Å². The third kappa shape index (κ3) is 4.79. The minimum absolute atomic E-state index is 0.0246. The van der Waals surface area contributed by atoms with Crippen LogP contribution in [0, 0.1) is 0 Å². The highest BCUT2D eigenvalue weighted by Gasteiger charge is 2.51. The molecule has 0 spiro atoms. The summed E-state index contributed by atoms with van der Waals surface area (Å²) in [5.41, 5.74) is 0.803. The number of hydrogen-bond donors (Lipinski definition) is 0. The minimum atomic E-state index is -4.23. The number of likely N-dealkylation sites (N-methyl/N-ethyl adjacent to an activating group) is 1. The molecule has 2 aromatic carbocycles. The SMILES string of the molecule is CN(C)C1CN(S(=O)(=O)c2ccc(Cl)cc2Cl)C2=CN(C3CCC3)C(=O)C(Cc3ccc(Cl)cc3)N2C1=O. The standard InChI is InChI=1S/C26H27Cl3N4O4S/c1-30(2)22-14-32(38(36,37)23-11-10-18(28)13-20(23)29)24-15-31(19-4-3-5-19)25(34)21(33(24)26(22)35)12-16-6-8-17(27)9-7-16/h6-11,13,15,19,21-22H,3-5,12,14H2,1-2H3. The summed E-state index contributed by atoms with van der Waals surface area (Å²) >= 11 is 18.4. The molecule has 3 aliphatic rings. The molecule has 2 fully saturated rings. The van der Waals surface area contributed by atoms with Crippen LogP contribution in [-0.2, 0) is 26.0 Å². The van der Waals surface area contributed by atoms with Gasteiger partial charge in [-0.2, -0.15) is 0 Å². The molecule has 2 aliphatic heterocycles. The van der Waals surface area contributed by atoms with Crippen LogP contribution in [0.3, 0.4) is 0 Å². The number of halogens is 3. The summed E-state index contributed by atoms with van der Waals surface area (Å²) in [4.78, 5) is 32.2. The van der Waals surface area contributed by atoms with Gasteiger partial charge in [0.2, 0.25) is 11.8 Å². The number of nitrogens with zero attached hydrogens (tertiary/aromatic N) is 4. The Morgan fingerprint density at radius 2 is 1.61 bits per heavy atom. The fraction of sp³-hybridized carbons (Fsp3) is 0.385. The zero-order valence-corrected chi connectivity index (χ0v) is 23.9. The van der Waals surface area contributed by atoms with Crippen molar-refractivity contribution in [3.8, 4) is 0 Å². The lowest BCUT2D eigenvalue weighted by Gasteiger charge is -2.51. The molecule has 12 heteroatoms. The minimum Gasteiger partial charge on any atom is -0.311 e. The van der Waals surface area contributed by atoms with E-state index in [0.717, 1.165) is 24.8 Å². The summed E-state index contributed by atoms with van der Waals surface area (Å²) in [7, 11) is -0.816. The second-order valence-electron chi connectivity index (χ2n) is 9.96. The van der Waals surface area contributed by atoms with Crippen LogP contribution in [-0.4, -0.2) is 78.0 Å². The molecule has 0 aromatic heterocycles. The van der Waals surface area contributed by atoms with Gasteiger partial charge in [-0.15, -0.1) is 0 Å². The van der Waals surface area contributed by atoms with E-state index in [9.17, 15) is 18.0 Å². The maximum Gasteiger partial charge on any atom is 0.267 e. The Bertz CT molecular complexity index is 1410. The van der Waals surface area contributed by atoms with Crippen LogP contribution in [0.2, 0.25) is 15.1 Å². The molecular formula is C26H27Cl3N4O4S. The van der Waals surface area contributed by atoms with Crippen LogP contribution in [0.1, 0.15) is 24.8 Å². The van der Waals surface area contributed by atoms with E-state index in [-0.39, 0.29) is 46.6 Å². The second-order valence-corrected chi connectivity index (χ2v) is 13.1. The van der Waals surface area contributed by atoms with Gasteiger partial charge < -0.3 is 4.90 Å². The molecule has 2 heterocycles. The van der Waals surface area contributed by atoms with E-state index in [2.05, 4.69) is 0 Å². The van der Waals surface area contributed by atoms with Gasteiger partial charge in [0, 0.05) is 28.7 Å². The van der Waals surface area contributed by atoms with Crippen LogP contribution in [0.15, 0.2) is 59.4 Å². The highest BCUT2D eigenvalue weighted by molar-refractivity contribution is 7.89. The van der Waals surface area contributed by atoms with E-state index < -0.39 is 22.1 Å². The highest BCUT2D eigenvalue weighted by atomic mass is 35.5. The summed E-state index contributed by atoms with van der Waals surface area (Å²) in [5, 5.41) is 0.833. The molecule has 0 bridgehead atoms. The first-order valence-corrected chi connectivity index (χ1v) is 14.8. The van der Waals surface area contributed by atoms with E-state index >= 15 is 0 Å². The van der Waals surface area contributed by atoms with Crippen LogP contribution in [0.5, 0.6) is 0 Å². The maximum atomic E-state index is 14.1. The van der Waals surface area contributed by atoms with Crippen LogP contribution < -0.4 is 0 Å². The van der Waals surface area contributed by atoms with Crippen LogP contribution in [0.25, 0.3) is 0 Å². The molecule has 2 unspecified atom stereocenters. The topological polar surface area (TPSA) is 81.2 Å². The third-order valence-electron chi connectivity index (χ3n) is 7.37. The Hall–Kier alpha value is -2.30. The summed E-state index contributed by atoms with van der Waals surface area (Å²) in [6, 6.07) is 9.46. The Morgan fingerprint density at radius 3 is 2.18 bits per heavy atom. The lowest BCUT2D eigenvalue weighted by molar-refractivity contribution is -0.153. The number of benzene rings is 2. The molecule has 8 nitrogen and oxygen atoms in total. The van der Waals surface area contributed by atoms with Gasteiger partial charge in [0.15, 0.2) is 0 Å². The Kier molecular flexibility index (Phi) is 7.43. The van der Waals surface area contributed by atoms with E-state index in [1.807, 2.05) is 0 Å². The van der Waals surface area contributed by atoms with Crippen LogP contribution in [0.4, 0.5) is 0 Å². The van der Waals surface area contributed by atoms with Crippen molar-refractivity contribution < 1.29 is 18.0 Å². The number of carbonyl (C=O) groups is 2. The third-order valence-corrected chi connectivity index (χ3v) is 10.1. The largest absolute Gasteiger partial charge is 0.311 e. The van der Waals surface area contributed by atoms with Gasteiger partial charge in [0.1, 0.15) is 22.8 Å². The Morgan fingerprint density at radius 1 is 0.947 bits per heavy atom. The lowest BCUT2D eigenvalue weighted by Crippen LogP contribution is -2.67. The summed E-state index contributed by atoms with van der Waals surface area (Å²) in [6.45, 7) is -0.129. The van der Waals surface area contributed by atoms with Gasteiger partial charge in [-0.1, -0.05) is 46.9 Å². The molecule has 1 saturated heterocycles. The van der Waals surface area contributed by atoms with Crippen molar-refractivity contribution in [1.29, 1.82) is 0 Å². The van der Waals surface area contributed by atoms with Crippen molar-refractivity contribution in [2.75, 3.05) is 20.6 Å². The molecule has 1 saturated carbocycles. The number of fused-ring (bicyclic) bond motifs is 1. The van der Waals surface area contributed by atoms with Gasteiger partial charge >= 0.3 is 0 Å². The average Bonchev–Trinajstić information content (AvgIpc) is 2.81. The summed E-state index contributed by atoms with van der Waals surface area (Å²) in [6.07, 6.45) is 4.33. The van der Waals surface area contributed by atoms with Gasteiger partial charge in [0.25, 0.3) is 10.0 Å². The molecule has 202 valence electrons. The van der Waals surface area contributed by atoms with Crippen molar-refractivity contribution in [2.24, 2.45) is 0 Å². The van der Waals surface area contributed by atoms with E-state index in [4.69, 9.17) is 34.8 Å². The lowest BCUT2D eigenvalue weighted by atomic mass is 9.89. The van der Waals surface area contributed by atoms with Crippen molar-refractivity contribution in [3.63, 3.8) is 0 Å². The number of amides is 2. The number of sulfonamides is 1. The molecule has 2 atom stereocenters. The molecular weight excluding hydrogens is 571 g/mol. The fourth-order valence-corrected chi connectivity index (χ4v) is 7.34. The highest BCUT2D eigenvalue weighted by Crippen LogP contribution is 2.39. The number of rotatable bonds is 6. The normalized spacial score (nSPS) is 22.5. The molecule has 0 radical (unpaired) electrons. The number of hydrogen-bond acceptors (Lipinski definition) is 5. The zero-order chi connectivity index (χ0) is 27.4. The average molecular weight is 598 g/mol. The summed E-state index contributed by atoms with van der Waals surface area (Å²) < 4.78 is 29.3. The first-order chi connectivity index (χ1) is 18.0. The monoisotopic (exact) mass is 596 g/mol. The van der Waals surface area contributed by atoms with Crippen molar-refractivity contribution in [1.82, 2.24) is 19.0 Å². The van der Waals surface area contributed by atoms with Gasteiger partial charge in [-0.3, -0.25) is 19.4 Å².